The Morgan fingerprint density at radius 1 is 0.889 bits per heavy atom. The molecule has 4 aromatic rings. The summed E-state index contributed by atoms with van der Waals surface area (Å²) in [7, 11) is 0. The predicted octanol–water partition coefficient (Wildman–Crippen LogP) is 6.22. The minimum absolute atomic E-state index is 0.185. The molecule has 0 aliphatic rings. The Morgan fingerprint density at radius 2 is 1.56 bits per heavy atom. The van der Waals surface area contributed by atoms with E-state index in [1.807, 2.05) is 42.5 Å². The molecule has 0 radical (unpaired) electrons. The SMILES string of the molecule is O=c1[nH]c(Nc2ccc(F)cc2)c(Sc2ccc(Cl)cc2)c2ccccc12. The molecular weight excluding hydrogens is 383 g/mol. The normalized spacial score (nSPS) is 10.9. The van der Waals surface area contributed by atoms with Gasteiger partial charge in [0.25, 0.3) is 5.56 Å². The van der Waals surface area contributed by atoms with Gasteiger partial charge in [-0.1, -0.05) is 41.6 Å². The number of anilines is 2. The number of nitrogens with one attached hydrogen (secondary N) is 2. The molecule has 0 amide bonds. The predicted molar refractivity (Wildman–Crippen MR) is 110 cm³/mol. The van der Waals surface area contributed by atoms with Gasteiger partial charge in [-0.25, -0.2) is 4.39 Å². The number of hydrogen-bond acceptors (Lipinski definition) is 3. The van der Waals surface area contributed by atoms with Crippen LogP contribution in [-0.4, -0.2) is 4.98 Å². The van der Waals surface area contributed by atoms with E-state index >= 15 is 0 Å². The highest BCUT2D eigenvalue weighted by Crippen LogP contribution is 2.38. The fraction of sp³-hybridized carbons (Fsp3) is 0. The summed E-state index contributed by atoms with van der Waals surface area (Å²) in [6.07, 6.45) is 0. The fourth-order valence-electron chi connectivity index (χ4n) is 2.74. The van der Waals surface area contributed by atoms with Gasteiger partial charge in [0, 0.05) is 26.4 Å². The zero-order chi connectivity index (χ0) is 18.8. The highest BCUT2D eigenvalue weighted by molar-refractivity contribution is 7.99. The lowest BCUT2D eigenvalue weighted by molar-refractivity contribution is 0.628. The molecule has 27 heavy (non-hydrogen) atoms. The second-order valence-electron chi connectivity index (χ2n) is 5.89. The largest absolute Gasteiger partial charge is 0.341 e. The van der Waals surface area contributed by atoms with Crippen molar-refractivity contribution in [2.45, 2.75) is 9.79 Å². The Bertz CT molecular complexity index is 1160. The van der Waals surface area contributed by atoms with Crippen molar-refractivity contribution in [1.29, 1.82) is 0 Å². The lowest BCUT2D eigenvalue weighted by atomic mass is 10.1. The summed E-state index contributed by atoms with van der Waals surface area (Å²) < 4.78 is 13.2. The lowest BCUT2D eigenvalue weighted by Crippen LogP contribution is -2.10. The molecule has 0 spiro atoms. The van der Waals surface area contributed by atoms with E-state index in [1.165, 1.54) is 23.9 Å². The van der Waals surface area contributed by atoms with E-state index < -0.39 is 0 Å². The van der Waals surface area contributed by atoms with Gasteiger partial charge in [0.15, 0.2) is 0 Å². The Labute approximate surface area is 164 Å². The van der Waals surface area contributed by atoms with Gasteiger partial charge in [0.2, 0.25) is 0 Å². The summed E-state index contributed by atoms with van der Waals surface area (Å²) >= 11 is 7.50. The van der Waals surface area contributed by atoms with Gasteiger partial charge in [0.05, 0.1) is 4.90 Å². The molecule has 1 heterocycles. The van der Waals surface area contributed by atoms with Crippen LogP contribution in [-0.2, 0) is 0 Å². The van der Waals surface area contributed by atoms with Crippen molar-refractivity contribution in [3.63, 3.8) is 0 Å². The maximum absolute atomic E-state index is 13.2. The van der Waals surface area contributed by atoms with Crippen LogP contribution in [0.2, 0.25) is 5.02 Å². The fourth-order valence-corrected chi connectivity index (χ4v) is 3.87. The van der Waals surface area contributed by atoms with Crippen LogP contribution in [0.1, 0.15) is 0 Å². The first-order valence-corrected chi connectivity index (χ1v) is 9.40. The van der Waals surface area contributed by atoms with E-state index in [0.29, 0.717) is 21.9 Å². The van der Waals surface area contributed by atoms with E-state index in [9.17, 15) is 9.18 Å². The van der Waals surface area contributed by atoms with Crippen LogP contribution in [0.3, 0.4) is 0 Å². The first-order valence-electron chi connectivity index (χ1n) is 8.21. The van der Waals surface area contributed by atoms with Crippen molar-refractivity contribution in [1.82, 2.24) is 4.98 Å². The second kappa shape index (κ2) is 7.47. The maximum atomic E-state index is 13.2. The third kappa shape index (κ3) is 3.84. The molecule has 4 rings (SSSR count). The molecule has 3 aromatic carbocycles. The van der Waals surface area contributed by atoms with Crippen LogP contribution in [0.4, 0.5) is 15.9 Å². The van der Waals surface area contributed by atoms with Gasteiger partial charge in [-0.3, -0.25) is 4.79 Å². The summed E-state index contributed by atoms with van der Waals surface area (Å²) in [5.41, 5.74) is 0.496. The summed E-state index contributed by atoms with van der Waals surface area (Å²) in [4.78, 5) is 17.3. The maximum Gasteiger partial charge on any atom is 0.257 e. The summed E-state index contributed by atoms with van der Waals surface area (Å²) in [6.45, 7) is 0. The second-order valence-corrected chi connectivity index (χ2v) is 7.41. The van der Waals surface area contributed by atoms with Gasteiger partial charge in [0.1, 0.15) is 11.6 Å². The Kier molecular flexibility index (Phi) is 4.88. The van der Waals surface area contributed by atoms with Crippen molar-refractivity contribution in [3.8, 4) is 0 Å². The average Bonchev–Trinajstić information content (AvgIpc) is 2.68. The molecule has 3 nitrogen and oxygen atoms in total. The molecule has 2 N–H and O–H groups in total. The third-order valence-electron chi connectivity index (χ3n) is 4.03. The van der Waals surface area contributed by atoms with Crippen molar-refractivity contribution >= 4 is 45.6 Å². The number of benzene rings is 3. The molecule has 0 saturated heterocycles. The topological polar surface area (TPSA) is 44.9 Å². The Hall–Kier alpha value is -2.76. The van der Waals surface area contributed by atoms with Crippen molar-refractivity contribution in [2.24, 2.45) is 0 Å². The lowest BCUT2D eigenvalue weighted by Gasteiger charge is -2.14. The molecule has 0 unspecified atom stereocenters. The van der Waals surface area contributed by atoms with E-state index in [0.717, 1.165) is 15.2 Å². The summed E-state index contributed by atoms with van der Waals surface area (Å²) in [6, 6.07) is 20.9. The molecule has 1 aromatic heterocycles. The van der Waals surface area contributed by atoms with Gasteiger partial charge >= 0.3 is 0 Å². The zero-order valence-electron chi connectivity index (χ0n) is 14.0. The average molecular weight is 397 g/mol. The number of rotatable bonds is 4. The zero-order valence-corrected chi connectivity index (χ0v) is 15.6. The number of H-pyrrole nitrogens is 1. The Balaban J connectivity index is 1.84. The molecule has 0 fully saturated rings. The minimum Gasteiger partial charge on any atom is -0.341 e. The summed E-state index contributed by atoms with van der Waals surface area (Å²) in [5.74, 6) is 0.244. The molecule has 0 saturated carbocycles. The highest BCUT2D eigenvalue weighted by atomic mass is 35.5. The van der Waals surface area contributed by atoms with Crippen LogP contribution in [0.15, 0.2) is 87.4 Å². The van der Waals surface area contributed by atoms with Crippen LogP contribution >= 0.6 is 23.4 Å². The monoisotopic (exact) mass is 396 g/mol. The van der Waals surface area contributed by atoms with Gasteiger partial charge in [-0.05, 0) is 54.6 Å². The minimum atomic E-state index is -0.316. The number of aromatic amines is 1. The van der Waals surface area contributed by atoms with Gasteiger partial charge in [-0.2, -0.15) is 0 Å². The highest BCUT2D eigenvalue weighted by Gasteiger charge is 2.13. The molecule has 0 atom stereocenters. The number of fused-ring (bicyclic) bond motifs is 1. The number of hydrogen-bond donors (Lipinski definition) is 2. The first kappa shape index (κ1) is 17.6. The van der Waals surface area contributed by atoms with E-state index in [2.05, 4.69) is 10.3 Å². The molecule has 0 aliphatic carbocycles. The smallest absolute Gasteiger partial charge is 0.257 e. The molecule has 0 bridgehead atoms. The van der Waals surface area contributed by atoms with Gasteiger partial charge in [-0.15, -0.1) is 0 Å². The van der Waals surface area contributed by atoms with Crippen LogP contribution in [0.25, 0.3) is 10.8 Å². The van der Waals surface area contributed by atoms with E-state index in [-0.39, 0.29) is 11.4 Å². The number of halogens is 2. The van der Waals surface area contributed by atoms with Crippen LogP contribution < -0.4 is 10.9 Å². The summed E-state index contributed by atoms with van der Waals surface area (Å²) in [5, 5.41) is 5.31. The molecular formula is C21H14ClFN2OS. The van der Waals surface area contributed by atoms with E-state index in [4.69, 9.17) is 11.6 Å². The van der Waals surface area contributed by atoms with Crippen molar-refractivity contribution < 1.29 is 4.39 Å². The Morgan fingerprint density at radius 3 is 2.26 bits per heavy atom. The first-order chi connectivity index (χ1) is 13.1. The quantitative estimate of drug-likeness (QED) is 0.430. The van der Waals surface area contributed by atoms with Crippen molar-refractivity contribution in [2.75, 3.05) is 5.32 Å². The van der Waals surface area contributed by atoms with Gasteiger partial charge < -0.3 is 10.3 Å². The van der Waals surface area contributed by atoms with Crippen molar-refractivity contribution in [3.05, 3.63) is 94.0 Å². The number of pyridine rings is 1. The molecule has 134 valence electrons. The van der Waals surface area contributed by atoms with Crippen LogP contribution in [0.5, 0.6) is 0 Å². The number of aromatic nitrogens is 1. The van der Waals surface area contributed by atoms with Crippen LogP contribution in [0, 0.1) is 5.82 Å². The molecule has 6 heteroatoms. The standard InChI is InChI=1S/C21H14ClFN2OS/c22-13-5-11-16(12-6-13)27-19-17-3-1-2-4-18(17)21(26)25-20(19)24-15-9-7-14(23)8-10-15/h1-12H,(H2,24,25,26). The van der Waals surface area contributed by atoms with E-state index in [1.54, 1.807) is 18.2 Å². The third-order valence-corrected chi connectivity index (χ3v) is 5.42. The molecule has 0 aliphatic heterocycles.